The number of alkyl halides is 3. The fourth-order valence-corrected chi connectivity index (χ4v) is 3.84. The van der Waals surface area contributed by atoms with E-state index in [9.17, 15) is 18.0 Å². The summed E-state index contributed by atoms with van der Waals surface area (Å²) in [6, 6.07) is 9.16. The van der Waals surface area contributed by atoms with Crippen molar-refractivity contribution < 1.29 is 22.5 Å². The lowest BCUT2D eigenvalue weighted by Crippen LogP contribution is -2.39. The average Bonchev–Trinajstić information content (AvgIpc) is 3.28. The minimum absolute atomic E-state index is 0.00392. The maximum Gasteiger partial charge on any atom is 0.397 e. The van der Waals surface area contributed by atoms with Crippen molar-refractivity contribution in [3.05, 3.63) is 36.2 Å². The molecule has 0 aliphatic heterocycles. The number of nitrogen functional groups attached to an aromatic ring is 1. The minimum atomic E-state index is -4.52. The largest absolute Gasteiger partial charge is 0.397 e. The Morgan fingerprint density at radius 1 is 1.09 bits per heavy atom. The monoisotopic (exact) mass is 476 g/mol. The molecular formula is C21H23F3N8O2. The zero-order valence-electron chi connectivity index (χ0n) is 18.3. The van der Waals surface area contributed by atoms with Crippen LogP contribution in [-0.2, 0) is 4.79 Å². The van der Waals surface area contributed by atoms with Crippen LogP contribution in [0.4, 0.5) is 30.8 Å². The van der Waals surface area contributed by atoms with Crippen LogP contribution in [0.15, 0.2) is 34.9 Å². The average molecular weight is 476 g/mol. The second kappa shape index (κ2) is 9.61. The zero-order chi connectivity index (χ0) is 24.3. The first-order valence-corrected chi connectivity index (χ1v) is 10.7. The molecule has 0 saturated heterocycles. The summed E-state index contributed by atoms with van der Waals surface area (Å²) in [4.78, 5) is 30.4. The number of halogens is 3. The number of benzene rings is 1. The van der Waals surface area contributed by atoms with Gasteiger partial charge < -0.3 is 20.5 Å². The molecule has 0 atom stereocenters. The first kappa shape index (κ1) is 23.4. The molecule has 3 aromatic rings. The SMILES string of the molecule is CN(c1ccccc1)c1nc(N)nc(-c2noc(C3CCC(NC(=O)CC(F)(F)F)CC3)n2)n1. The molecular weight excluding hydrogens is 453 g/mol. The third-order valence-electron chi connectivity index (χ3n) is 5.53. The fourth-order valence-electron chi connectivity index (χ4n) is 3.84. The molecule has 0 unspecified atom stereocenters. The Kier molecular flexibility index (Phi) is 6.61. The van der Waals surface area contributed by atoms with E-state index >= 15 is 0 Å². The van der Waals surface area contributed by atoms with Crippen LogP contribution in [0.2, 0.25) is 0 Å². The van der Waals surface area contributed by atoms with Gasteiger partial charge in [0.15, 0.2) is 0 Å². The summed E-state index contributed by atoms with van der Waals surface area (Å²) >= 11 is 0. The van der Waals surface area contributed by atoms with Crippen LogP contribution in [0.3, 0.4) is 0 Å². The van der Waals surface area contributed by atoms with Crippen molar-refractivity contribution in [2.24, 2.45) is 0 Å². The van der Waals surface area contributed by atoms with Gasteiger partial charge in [-0.15, -0.1) is 0 Å². The number of para-hydroxylation sites is 1. The van der Waals surface area contributed by atoms with Crippen molar-refractivity contribution in [1.29, 1.82) is 0 Å². The van der Waals surface area contributed by atoms with Gasteiger partial charge in [-0.2, -0.15) is 33.1 Å². The quantitative estimate of drug-likeness (QED) is 0.549. The van der Waals surface area contributed by atoms with Gasteiger partial charge in [-0.3, -0.25) is 4.79 Å². The standard InChI is InChI=1S/C21H23F3N8O2/c1-32(14-5-3-2-4-6-14)20-29-16(28-19(25)30-20)17-27-18(34-31-17)12-7-9-13(10-8-12)26-15(33)11-21(22,23)24/h2-6,12-13H,7-11H2,1H3,(H,26,33)(H2,25,28,29,30). The maximum absolute atomic E-state index is 12.4. The molecule has 2 heterocycles. The number of anilines is 3. The summed E-state index contributed by atoms with van der Waals surface area (Å²) in [6.07, 6.45) is -3.81. The van der Waals surface area contributed by atoms with E-state index in [0.29, 0.717) is 37.5 Å². The molecule has 180 valence electrons. The lowest BCUT2D eigenvalue weighted by molar-refractivity contribution is -0.154. The predicted octanol–water partition coefficient (Wildman–Crippen LogP) is 3.37. The van der Waals surface area contributed by atoms with Gasteiger partial charge in [0.2, 0.25) is 35.3 Å². The smallest absolute Gasteiger partial charge is 0.368 e. The third kappa shape index (κ3) is 5.77. The number of nitrogens with zero attached hydrogens (tertiary/aromatic N) is 6. The minimum Gasteiger partial charge on any atom is -0.368 e. The van der Waals surface area contributed by atoms with Crippen LogP contribution < -0.4 is 16.0 Å². The molecule has 1 aliphatic carbocycles. The van der Waals surface area contributed by atoms with E-state index < -0.39 is 18.5 Å². The Balaban J connectivity index is 1.41. The van der Waals surface area contributed by atoms with E-state index in [0.717, 1.165) is 5.69 Å². The second-order valence-electron chi connectivity index (χ2n) is 8.08. The lowest BCUT2D eigenvalue weighted by atomic mass is 9.86. The van der Waals surface area contributed by atoms with Gasteiger partial charge in [0, 0.05) is 24.7 Å². The highest BCUT2D eigenvalue weighted by atomic mass is 19.4. The summed E-state index contributed by atoms with van der Waals surface area (Å²) < 4.78 is 42.5. The molecule has 2 aromatic heterocycles. The zero-order valence-corrected chi connectivity index (χ0v) is 18.3. The molecule has 1 fully saturated rings. The number of aromatic nitrogens is 5. The Morgan fingerprint density at radius 3 is 2.47 bits per heavy atom. The van der Waals surface area contributed by atoms with Gasteiger partial charge >= 0.3 is 6.18 Å². The Morgan fingerprint density at radius 2 is 1.79 bits per heavy atom. The van der Waals surface area contributed by atoms with Crippen molar-refractivity contribution in [3.8, 4) is 11.6 Å². The van der Waals surface area contributed by atoms with Gasteiger partial charge in [-0.05, 0) is 37.8 Å². The van der Waals surface area contributed by atoms with E-state index in [1.54, 1.807) is 11.9 Å². The number of amides is 1. The molecule has 1 aromatic carbocycles. The lowest BCUT2D eigenvalue weighted by Gasteiger charge is -2.27. The number of carbonyl (C=O) groups is 1. The highest BCUT2D eigenvalue weighted by molar-refractivity contribution is 5.76. The number of rotatable bonds is 6. The van der Waals surface area contributed by atoms with Crippen LogP contribution in [0.5, 0.6) is 0 Å². The molecule has 1 amide bonds. The van der Waals surface area contributed by atoms with E-state index in [-0.39, 0.29) is 29.6 Å². The molecule has 34 heavy (non-hydrogen) atoms. The van der Waals surface area contributed by atoms with E-state index in [4.69, 9.17) is 10.3 Å². The summed E-state index contributed by atoms with van der Waals surface area (Å²) in [5, 5.41) is 6.42. The van der Waals surface area contributed by atoms with Crippen molar-refractivity contribution in [1.82, 2.24) is 30.4 Å². The van der Waals surface area contributed by atoms with Crippen LogP contribution >= 0.6 is 0 Å². The van der Waals surface area contributed by atoms with Crippen molar-refractivity contribution in [3.63, 3.8) is 0 Å². The summed E-state index contributed by atoms with van der Waals surface area (Å²) in [5.41, 5.74) is 6.73. The molecule has 10 nitrogen and oxygen atoms in total. The number of nitrogens with one attached hydrogen (secondary N) is 1. The molecule has 3 N–H and O–H groups in total. The van der Waals surface area contributed by atoms with E-state index in [1.807, 2.05) is 30.3 Å². The molecule has 0 bridgehead atoms. The Hall–Kier alpha value is -3.77. The summed E-state index contributed by atoms with van der Waals surface area (Å²) in [7, 11) is 1.79. The van der Waals surface area contributed by atoms with Crippen LogP contribution in [0, 0.1) is 0 Å². The Bertz CT molecular complexity index is 1130. The number of hydrogen-bond donors (Lipinski definition) is 2. The van der Waals surface area contributed by atoms with Crippen LogP contribution in [-0.4, -0.2) is 50.3 Å². The van der Waals surface area contributed by atoms with Gasteiger partial charge in [-0.1, -0.05) is 23.4 Å². The first-order valence-electron chi connectivity index (χ1n) is 10.7. The van der Waals surface area contributed by atoms with E-state index in [2.05, 4.69) is 30.4 Å². The normalized spacial score (nSPS) is 18.5. The third-order valence-corrected chi connectivity index (χ3v) is 5.53. The molecule has 13 heteroatoms. The summed E-state index contributed by atoms with van der Waals surface area (Å²) in [5.74, 6) is -0.0744. The van der Waals surface area contributed by atoms with Gasteiger partial charge in [0.1, 0.15) is 6.42 Å². The van der Waals surface area contributed by atoms with Gasteiger partial charge in [0.25, 0.3) is 0 Å². The molecule has 0 spiro atoms. The maximum atomic E-state index is 12.4. The number of carbonyl (C=O) groups excluding carboxylic acids is 1. The highest BCUT2D eigenvalue weighted by Gasteiger charge is 2.33. The van der Waals surface area contributed by atoms with Crippen molar-refractivity contribution >= 4 is 23.5 Å². The van der Waals surface area contributed by atoms with E-state index in [1.165, 1.54) is 0 Å². The molecule has 1 aliphatic rings. The number of hydrogen-bond acceptors (Lipinski definition) is 9. The second-order valence-corrected chi connectivity index (χ2v) is 8.08. The van der Waals surface area contributed by atoms with Crippen LogP contribution in [0.25, 0.3) is 11.6 Å². The van der Waals surface area contributed by atoms with Crippen LogP contribution in [0.1, 0.15) is 43.9 Å². The molecule has 4 rings (SSSR count). The highest BCUT2D eigenvalue weighted by Crippen LogP contribution is 2.33. The first-order chi connectivity index (χ1) is 16.2. The van der Waals surface area contributed by atoms with Gasteiger partial charge in [0.05, 0.1) is 0 Å². The Labute approximate surface area is 192 Å². The summed E-state index contributed by atoms with van der Waals surface area (Å²) in [6.45, 7) is 0. The van der Waals surface area contributed by atoms with Crippen molar-refractivity contribution in [2.75, 3.05) is 17.7 Å². The fraction of sp³-hybridized carbons (Fsp3) is 0.429. The molecule has 0 radical (unpaired) electrons. The topological polar surface area (TPSA) is 136 Å². The molecule has 1 saturated carbocycles. The predicted molar refractivity (Wildman–Crippen MR) is 116 cm³/mol. The van der Waals surface area contributed by atoms with Gasteiger partial charge in [-0.25, -0.2) is 0 Å². The number of nitrogens with two attached hydrogens (primary N) is 1. The van der Waals surface area contributed by atoms with Crippen molar-refractivity contribution in [2.45, 2.75) is 50.2 Å².